The second-order valence-electron chi connectivity index (χ2n) is 4.82. The van der Waals surface area contributed by atoms with E-state index in [9.17, 15) is 4.79 Å². The van der Waals surface area contributed by atoms with Crippen LogP contribution >= 0.6 is 0 Å². The maximum atomic E-state index is 11.9. The van der Waals surface area contributed by atoms with Crippen LogP contribution < -0.4 is 5.32 Å². The van der Waals surface area contributed by atoms with Crippen molar-refractivity contribution < 1.29 is 9.32 Å². The number of hydrogen-bond donors (Lipinski definition) is 1. The fourth-order valence-electron chi connectivity index (χ4n) is 2.29. The Hall–Kier alpha value is -1.83. The highest BCUT2D eigenvalue weighted by atomic mass is 16.5. The van der Waals surface area contributed by atoms with Gasteiger partial charge in [0.15, 0.2) is 5.76 Å². The Morgan fingerprint density at radius 2 is 2.47 bits per heavy atom. The molecule has 1 aliphatic rings. The standard InChI is InChI=1S/C12H15N3O2/c1-8-4-12(5-8,7-13)11(16)14-6-10-3-9(2)15-17-10/h3,8H,4-6H2,1-2H3,(H,14,16). The van der Waals surface area contributed by atoms with Gasteiger partial charge in [0.05, 0.1) is 18.3 Å². The number of nitrogens with zero attached hydrogens (tertiary/aromatic N) is 2. The summed E-state index contributed by atoms with van der Waals surface area (Å²) >= 11 is 0. The summed E-state index contributed by atoms with van der Waals surface area (Å²) in [6.45, 7) is 4.15. The summed E-state index contributed by atoms with van der Waals surface area (Å²) in [6.07, 6.45) is 1.29. The Balaban J connectivity index is 1.92. The molecule has 1 aromatic rings. The highest BCUT2D eigenvalue weighted by molar-refractivity contribution is 5.86. The van der Waals surface area contributed by atoms with Gasteiger partial charge in [-0.15, -0.1) is 0 Å². The third-order valence-corrected chi connectivity index (χ3v) is 3.14. The first-order chi connectivity index (χ1) is 8.05. The number of amides is 1. The first-order valence-electron chi connectivity index (χ1n) is 5.67. The highest BCUT2D eigenvalue weighted by Gasteiger charge is 2.48. The van der Waals surface area contributed by atoms with E-state index in [1.165, 1.54) is 0 Å². The van der Waals surface area contributed by atoms with E-state index in [0.717, 1.165) is 5.69 Å². The van der Waals surface area contributed by atoms with E-state index >= 15 is 0 Å². The molecule has 0 saturated heterocycles. The van der Waals surface area contributed by atoms with Crippen molar-refractivity contribution in [1.29, 1.82) is 5.26 Å². The zero-order valence-electron chi connectivity index (χ0n) is 9.99. The monoisotopic (exact) mass is 233 g/mol. The van der Waals surface area contributed by atoms with Crippen molar-refractivity contribution in [3.63, 3.8) is 0 Å². The number of carbonyl (C=O) groups is 1. The Labute approximate surface area is 99.8 Å². The number of hydrogen-bond acceptors (Lipinski definition) is 4. The SMILES string of the molecule is Cc1cc(CNC(=O)C2(C#N)CC(C)C2)on1. The van der Waals surface area contributed by atoms with Crippen LogP contribution in [0, 0.1) is 29.6 Å². The summed E-state index contributed by atoms with van der Waals surface area (Å²) in [7, 11) is 0. The molecule has 1 aromatic heterocycles. The molecule has 5 heteroatoms. The molecule has 0 bridgehead atoms. The predicted octanol–water partition coefficient (Wildman–Crippen LogP) is 1.54. The Morgan fingerprint density at radius 3 is 2.94 bits per heavy atom. The van der Waals surface area contributed by atoms with Gasteiger partial charge in [-0.2, -0.15) is 5.26 Å². The summed E-state index contributed by atoms with van der Waals surface area (Å²) in [5.41, 5.74) is -0.0457. The summed E-state index contributed by atoms with van der Waals surface area (Å²) in [6, 6.07) is 3.89. The smallest absolute Gasteiger partial charge is 0.240 e. The molecule has 0 spiro atoms. The maximum absolute atomic E-state index is 11.9. The molecule has 1 N–H and O–H groups in total. The van der Waals surface area contributed by atoms with Gasteiger partial charge in [0, 0.05) is 6.07 Å². The Bertz CT molecular complexity index is 466. The number of nitriles is 1. The normalized spacial score (nSPS) is 27.0. The molecule has 5 nitrogen and oxygen atoms in total. The third-order valence-electron chi connectivity index (χ3n) is 3.14. The second-order valence-corrected chi connectivity index (χ2v) is 4.82. The average molecular weight is 233 g/mol. The molecule has 1 aliphatic carbocycles. The van der Waals surface area contributed by atoms with Gasteiger partial charge in [0.2, 0.25) is 5.91 Å². The van der Waals surface area contributed by atoms with E-state index in [-0.39, 0.29) is 12.5 Å². The zero-order valence-corrected chi connectivity index (χ0v) is 9.99. The molecule has 17 heavy (non-hydrogen) atoms. The lowest BCUT2D eigenvalue weighted by Crippen LogP contribution is -2.47. The number of aromatic nitrogens is 1. The first kappa shape index (κ1) is 11.6. The van der Waals surface area contributed by atoms with Crippen molar-refractivity contribution in [2.24, 2.45) is 11.3 Å². The van der Waals surface area contributed by atoms with Crippen LogP contribution in [0.3, 0.4) is 0 Å². The van der Waals surface area contributed by atoms with Crippen molar-refractivity contribution in [1.82, 2.24) is 10.5 Å². The van der Waals surface area contributed by atoms with E-state index < -0.39 is 5.41 Å². The van der Waals surface area contributed by atoms with Crippen LogP contribution in [0.2, 0.25) is 0 Å². The minimum atomic E-state index is -0.825. The molecule has 0 radical (unpaired) electrons. The van der Waals surface area contributed by atoms with Crippen LogP contribution in [-0.2, 0) is 11.3 Å². The summed E-state index contributed by atoms with van der Waals surface area (Å²) in [5, 5.41) is 15.5. The zero-order chi connectivity index (χ0) is 12.5. The van der Waals surface area contributed by atoms with Crippen LogP contribution in [0.25, 0.3) is 0 Å². The minimum Gasteiger partial charge on any atom is -0.359 e. The molecule has 1 saturated carbocycles. The molecule has 1 heterocycles. The molecule has 0 aromatic carbocycles. The van der Waals surface area contributed by atoms with Gasteiger partial charge in [-0.25, -0.2) is 0 Å². The quantitative estimate of drug-likeness (QED) is 0.858. The van der Waals surface area contributed by atoms with Gasteiger partial charge in [0.1, 0.15) is 5.41 Å². The number of rotatable bonds is 3. The van der Waals surface area contributed by atoms with E-state index in [2.05, 4.69) is 16.5 Å². The van der Waals surface area contributed by atoms with Gasteiger partial charge in [-0.1, -0.05) is 12.1 Å². The Morgan fingerprint density at radius 1 is 1.76 bits per heavy atom. The van der Waals surface area contributed by atoms with Crippen LogP contribution in [0.4, 0.5) is 0 Å². The van der Waals surface area contributed by atoms with Crippen molar-refractivity contribution >= 4 is 5.91 Å². The van der Waals surface area contributed by atoms with Gasteiger partial charge >= 0.3 is 0 Å². The highest BCUT2D eigenvalue weighted by Crippen LogP contribution is 2.45. The molecule has 1 fully saturated rings. The van der Waals surface area contributed by atoms with Crippen LogP contribution in [0.1, 0.15) is 31.2 Å². The Kier molecular flexibility index (Phi) is 2.88. The minimum absolute atomic E-state index is 0.202. The fourth-order valence-corrected chi connectivity index (χ4v) is 2.29. The molecular formula is C12H15N3O2. The average Bonchev–Trinajstić information content (AvgIpc) is 2.67. The molecule has 2 rings (SSSR count). The van der Waals surface area contributed by atoms with Crippen molar-refractivity contribution in [2.45, 2.75) is 33.2 Å². The summed E-state index contributed by atoms with van der Waals surface area (Å²) in [5.74, 6) is 0.858. The number of carbonyl (C=O) groups excluding carboxylic acids is 1. The number of aryl methyl sites for hydroxylation is 1. The van der Waals surface area contributed by atoms with Gasteiger partial charge in [-0.05, 0) is 25.7 Å². The van der Waals surface area contributed by atoms with Gasteiger partial charge < -0.3 is 9.84 Å². The third kappa shape index (κ3) is 2.16. The molecule has 0 atom stereocenters. The van der Waals surface area contributed by atoms with Gasteiger partial charge in [-0.3, -0.25) is 4.79 Å². The summed E-state index contributed by atoms with van der Waals surface area (Å²) in [4.78, 5) is 11.9. The molecule has 1 amide bonds. The summed E-state index contributed by atoms with van der Waals surface area (Å²) < 4.78 is 4.99. The predicted molar refractivity (Wildman–Crippen MR) is 59.5 cm³/mol. The molecular weight excluding hydrogens is 218 g/mol. The molecule has 90 valence electrons. The van der Waals surface area contributed by atoms with Crippen molar-refractivity contribution in [3.8, 4) is 6.07 Å². The lowest BCUT2D eigenvalue weighted by Gasteiger charge is -2.39. The first-order valence-corrected chi connectivity index (χ1v) is 5.67. The van der Waals surface area contributed by atoms with Crippen molar-refractivity contribution in [2.75, 3.05) is 0 Å². The van der Waals surface area contributed by atoms with Gasteiger partial charge in [0.25, 0.3) is 0 Å². The lowest BCUT2D eigenvalue weighted by molar-refractivity contribution is -0.134. The maximum Gasteiger partial charge on any atom is 0.240 e. The molecule has 0 aliphatic heterocycles. The van der Waals surface area contributed by atoms with E-state index in [0.29, 0.717) is 24.5 Å². The molecule has 0 unspecified atom stereocenters. The largest absolute Gasteiger partial charge is 0.359 e. The van der Waals surface area contributed by atoms with Crippen molar-refractivity contribution in [3.05, 3.63) is 17.5 Å². The fraction of sp³-hybridized carbons (Fsp3) is 0.583. The van der Waals surface area contributed by atoms with Crippen LogP contribution in [0.15, 0.2) is 10.6 Å². The topological polar surface area (TPSA) is 78.9 Å². The second kappa shape index (κ2) is 4.21. The van der Waals surface area contributed by atoms with E-state index in [1.807, 2.05) is 13.8 Å². The van der Waals surface area contributed by atoms with E-state index in [4.69, 9.17) is 9.78 Å². The van der Waals surface area contributed by atoms with Crippen LogP contribution in [-0.4, -0.2) is 11.1 Å². The van der Waals surface area contributed by atoms with E-state index in [1.54, 1.807) is 6.07 Å². The van der Waals surface area contributed by atoms with Crippen LogP contribution in [0.5, 0.6) is 0 Å². The number of nitrogens with one attached hydrogen (secondary N) is 1. The lowest BCUT2D eigenvalue weighted by atomic mass is 9.63.